The highest BCUT2D eigenvalue weighted by Crippen LogP contribution is 2.23. The van der Waals surface area contributed by atoms with Crippen molar-refractivity contribution in [2.24, 2.45) is 5.92 Å². The van der Waals surface area contributed by atoms with Gasteiger partial charge in [-0.15, -0.1) is 0 Å². The normalized spacial score (nSPS) is 19.2. The zero-order valence-electron chi connectivity index (χ0n) is 10.2. The number of halogens is 1. The Kier molecular flexibility index (Phi) is 3.69. The molecule has 1 aliphatic heterocycles. The molecule has 0 spiro atoms. The molecule has 1 amide bonds. The number of phenolic OH excluding ortho intramolecular Hbond substituents is 1. The van der Waals surface area contributed by atoms with E-state index in [2.05, 4.69) is 0 Å². The molecule has 19 heavy (non-hydrogen) atoms. The fourth-order valence-corrected chi connectivity index (χ4v) is 2.22. The van der Waals surface area contributed by atoms with E-state index < -0.39 is 29.4 Å². The number of likely N-dealkylation sites (tertiary alicyclic amines) is 1. The molecule has 0 aliphatic carbocycles. The van der Waals surface area contributed by atoms with Gasteiger partial charge in [0.25, 0.3) is 5.91 Å². The fraction of sp³-hybridized carbons (Fsp3) is 0.385. The summed E-state index contributed by atoms with van der Waals surface area (Å²) in [6.07, 6.45) is 1.14. The van der Waals surface area contributed by atoms with Crippen LogP contribution in [-0.2, 0) is 4.79 Å². The van der Waals surface area contributed by atoms with Crippen LogP contribution >= 0.6 is 0 Å². The van der Waals surface area contributed by atoms with Gasteiger partial charge < -0.3 is 15.1 Å². The number of aliphatic carboxylic acids is 1. The number of carbonyl (C=O) groups excluding carboxylic acids is 1. The van der Waals surface area contributed by atoms with Crippen molar-refractivity contribution in [1.29, 1.82) is 0 Å². The number of benzene rings is 1. The Bertz CT molecular complexity index is 517. The third kappa shape index (κ3) is 2.83. The molecule has 1 aromatic rings. The van der Waals surface area contributed by atoms with Crippen LogP contribution in [0.2, 0.25) is 0 Å². The van der Waals surface area contributed by atoms with Crippen LogP contribution in [0.25, 0.3) is 0 Å². The molecule has 2 N–H and O–H groups in total. The van der Waals surface area contributed by atoms with Crippen LogP contribution in [0.4, 0.5) is 4.39 Å². The Labute approximate surface area is 109 Å². The highest BCUT2D eigenvalue weighted by atomic mass is 19.1. The minimum Gasteiger partial charge on any atom is -0.507 e. The Morgan fingerprint density at radius 1 is 1.37 bits per heavy atom. The van der Waals surface area contributed by atoms with Gasteiger partial charge >= 0.3 is 5.97 Å². The van der Waals surface area contributed by atoms with Gasteiger partial charge in [-0.05, 0) is 25.0 Å². The lowest BCUT2D eigenvalue weighted by atomic mass is 9.97. The van der Waals surface area contributed by atoms with Gasteiger partial charge in [-0.1, -0.05) is 0 Å². The molecule has 1 saturated heterocycles. The number of phenols is 1. The first kappa shape index (κ1) is 13.3. The average Bonchev–Trinajstić information content (AvgIpc) is 2.38. The zero-order chi connectivity index (χ0) is 14.0. The van der Waals surface area contributed by atoms with Gasteiger partial charge in [0.1, 0.15) is 11.6 Å². The van der Waals surface area contributed by atoms with Crippen LogP contribution in [0.15, 0.2) is 18.2 Å². The molecule has 2 rings (SSSR count). The Hall–Kier alpha value is -2.11. The second-order valence-electron chi connectivity index (χ2n) is 4.59. The van der Waals surface area contributed by atoms with Gasteiger partial charge in [-0.25, -0.2) is 4.39 Å². The molecule has 1 aromatic carbocycles. The molecule has 6 heteroatoms. The minimum absolute atomic E-state index is 0.00700. The molecule has 102 valence electrons. The summed E-state index contributed by atoms with van der Waals surface area (Å²) < 4.78 is 12.9. The van der Waals surface area contributed by atoms with Gasteiger partial charge in [0.15, 0.2) is 0 Å². The molecule has 0 bridgehead atoms. The predicted molar refractivity (Wildman–Crippen MR) is 64.3 cm³/mol. The summed E-state index contributed by atoms with van der Waals surface area (Å²) in [4.78, 5) is 24.5. The number of nitrogens with zero attached hydrogens (tertiary/aromatic N) is 1. The first-order chi connectivity index (χ1) is 8.99. The van der Waals surface area contributed by atoms with E-state index in [1.54, 1.807) is 0 Å². The smallest absolute Gasteiger partial charge is 0.308 e. The maximum atomic E-state index is 12.9. The number of amides is 1. The number of hydrogen-bond acceptors (Lipinski definition) is 3. The number of carboxylic acid groups (broad SMARTS) is 1. The second-order valence-corrected chi connectivity index (χ2v) is 4.59. The lowest BCUT2D eigenvalue weighted by Crippen LogP contribution is -2.42. The van der Waals surface area contributed by atoms with E-state index in [4.69, 9.17) is 5.11 Å². The number of carboxylic acids is 1. The van der Waals surface area contributed by atoms with Crippen molar-refractivity contribution in [3.8, 4) is 5.75 Å². The summed E-state index contributed by atoms with van der Waals surface area (Å²) >= 11 is 0. The Balaban J connectivity index is 2.17. The van der Waals surface area contributed by atoms with E-state index in [1.165, 1.54) is 11.0 Å². The molecule has 0 aromatic heterocycles. The predicted octanol–water partition coefficient (Wildman–Crippen LogP) is 1.47. The molecule has 1 unspecified atom stereocenters. The SMILES string of the molecule is O=C(O)C1CCCN(C(=O)c2ccc(F)cc2O)C1. The first-order valence-corrected chi connectivity index (χ1v) is 5.99. The van der Waals surface area contributed by atoms with E-state index >= 15 is 0 Å². The molecule has 5 nitrogen and oxygen atoms in total. The van der Waals surface area contributed by atoms with Crippen molar-refractivity contribution in [3.63, 3.8) is 0 Å². The van der Waals surface area contributed by atoms with Crippen molar-refractivity contribution in [1.82, 2.24) is 4.90 Å². The quantitative estimate of drug-likeness (QED) is 0.850. The lowest BCUT2D eigenvalue weighted by molar-refractivity contribution is -0.143. The monoisotopic (exact) mass is 267 g/mol. The Morgan fingerprint density at radius 2 is 2.11 bits per heavy atom. The van der Waals surface area contributed by atoms with Crippen molar-refractivity contribution in [2.75, 3.05) is 13.1 Å². The van der Waals surface area contributed by atoms with Gasteiger partial charge in [0, 0.05) is 19.2 Å². The largest absolute Gasteiger partial charge is 0.507 e. The second kappa shape index (κ2) is 5.26. The topological polar surface area (TPSA) is 77.8 Å². The van der Waals surface area contributed by atoms with Crippen LogP contribution < -0.4 is 0 Å². The van der Waals surface area contributed by atoms with Crippen LogP contribution in [0.1, 0.15) is 23.2 Å². The number of hydrogen-bond donors (Lipinski definition) is 2. The summed E-state index contributed by atoms with van der Waals surface area (Å²) in [5.41, 5.74) is -0.00700. The van der Waals surface area contributed by atoms with Crippen molar-refractivity contribution in [3.05, 3.63) is 29.6 Å². The molecule has 0 radical (unpaired) electrons. The molecule has 1 fully saturated rings. The van der Waals surface area contributed by atoms with Gasteiger partial charge in [-0.3, -0.25) is 9.59 Å². The highest BCUT2D eigenvalue weighted by Gasteiger charge is 2.29. The fourth-order valence-electron chi connectivity index (χ4n) is 2.22. The maximum absolute atomic E-state index is 12.9. The van der Waals surface area contributed by atoms with Gasteiger partial charge in [0.2, 0.25) is 0 Å². The molecule has 0 saturated carbocycles. The summed E-state index contributed by atoms with van der Waals surface area (Å²) in [7, 11) is 0. The van der Waals surface area contributed by atoms with E-state index in [0.717, 1.165) is 12.1 Å². The molecule has 1 aliphatic rings. The third-order valence-electron chi connectivity index (χ3n) is 3.25. The van der Waals surface area contributed by atoms with Gasteiger partial charge in [0.05, 0.1) is 11.5 Å². The molecule has 1 heterocycles. The first-order valence-electron chi connectivity index (χ1n) is 5.99. The number of piperidine rings is 1. The number of carbonyl (C=O) groups is 2. The molecular weight excluding hydrogens is 253 g/mol. The Morgan fingerprint density at radius 3 is 2.74 bits per heavy atom. The van der Waals surface area contributed by atoms with E-state index in [9.17, 15) is 19.1 Å². The standard InChI is InChI=1S/C13H14FNO4/c14-9-3-4-10(11(16)6-9)12(17)15-5-1-2-8(7-15)13(18)19/h3-4,6,8,16H,1-2,5,7H2,(H,18,19). The van der Waals surface area contributed by atoms with Crippen molar-refractivity contribution < 1.29 is 24.2 Å². The lowest BCUT2D eigenvalue weighted by Gasteiger charge is -2.30. The van der Waals surface area contributed by atoms with E-state index in [-0.39, 0.29) is 12.1 Å². The van der Waals surface area contributed by atoms with E-state index in [1.807, 2.05) is 0 Å². The number of aromatic hydroxyl groups is 1. The number of rotatable bonds is 2. The van der Waals surface area contributed by atoms with Crippen molar-refractivity contribution >= 4 is 11.9 Å². The summed E-state index contributed by atoms with van der Waals surface area (Å²) in [6.45, 7) is 0.560. The summed E-state index contributed by atoms with van der Waals surface area (Å²) in [5, 5.41) is 18.5. The zero-order valence-corrected chi connectivity index (χ0v) is 10.2. The van der Waals surface area contributed by atoms with Crippen LogP contribution in [0.5, 0.6) is 5.75 Å². The summed E-state index contributed by atoms with van der Waals surface area (Å²) in [5.74, 6) is -3.04. The van der Waals surface area contributed by atoms with E-state index in [0.29, 0.717) is 19.4 Å². The van der Waals surface area contributed by atoms with Crippen LogP contribution in [0, 0.1) is 11.7 Å². The van der Waals surface area contributed by atoms with Crippen molar-refractivity contribution in [2.45, 2.75) is 12.8 Å². The molecule has 1 atom stereocenters. The maximum Gasteiger partial charge on any atom is 0.308 e. The summed E-state index contributed by atoms with van der Waals surface area (Å²) in [6, 6.07) is 3.16. The minimum atomic E-state index is -0.930. The van der Waals surface area contributed by atoms with Crippen LogP contribution in [0.3, 0.4) is 0 Å². The van der Waals surface area contributed by atoms with Gasteiger partial charge in [-0.2, -0.15) is 0 Å². The van der Waals surface area contributed by atoms with Crippen LogP contribution in [-0.4, -0.2) is 40.1 Å². The average molecular weight is 267 g/mol. The highest BCUT2D eigenvalue weighted by molar-refractivity contribution is 5.97. The molecular formula is C13H14FNO4. The third-order valence-corrected chi connectivity index (χ3v) is 3.25.